The lowest BCUT2D eigenvalue weighted by atomic mass is 10.2. The first-order chi connectivity index (χ1) is 15.4. The lowest BCUT2D eigenvalue weighted by Gasteiger charge is -2.26. The summed E-state index contributed by atoms with van der Waals surface area (Å²) in [7, 11) is -3.66. The second-order valence-corrected chi connectivity index (χ2v) is 9.63. The van der Waals surface area contributed by atoms with Gasteiger partial charge >= 0.3 is 0 Å². The number of nitrogens with one attached hydrogen (secondary N) is 1. The number of anilines is 1. The summed E-state index contributed by atoms with van der Waals surface area (Å²) in [5.41, 5.74) is 0.927. The van der Waals surface area contributed by atoms with Crippen LogP contribution in [0.2, 0.25) is 0 Å². The molecule has 2 heterocycles. The van der Waals surface area contributed by atoms with Gasteiger partial charge in [0.25, 0.3) is 5.22 Å². The van der Waals surface area contributed by atoms with Crippen molar-refractivity contribution < 1.29 is 26.8 Å². The zero-order valence-electron chi connectivity index (χ0n) is 16.7. The predicted octanol–water partition coefficient (Wildman–Crippen LogP) is 2.63. The number of ether oxygens (including phenoxy) is 1. The molecule has 168 valence electrons. The highest BCUT2D eigenvalue weighted by atomic mass is 32.2. The summed E-state index contributed by atoms with van der Waals surface area (Å²) in [5.74, 6) is -0.562. The highest BCUT2D eigenvalue weighted by Crippen LogP contribution is 2.26. The number of aromatic nitrogens is 2. The highest BCUT2D eigenvalue weighted by molar-refractivity contribution is 7.99. The zero-order chi connectivity index (χ0) is 22.6. The molecule has 0 unspecified atom stereocenters. The second kappa shape index (κ2) is 9.77. The van der Waals surface area contributed by atoms with Crippen molar-refractivity contribution in [2.45, 2.75) is 10.1 Å². The maximum atomic E-state index is 12.9. The van der Waals surface area contributed by atoms with Crippen molar-refractivity contribution in [2.24, 2.45) is 0 Å². The molecule has 3 aromatic rings. The van der Waals surface area contributed by atoms with Crippen LogP contribution in [0.4, 0.5) is 10.1 Å². The fourth-order valence-corrected chi connectivity index (χ4v) is 4.99. The number of nitrogens with zero attached hydrogens (tertiary/aromatic N) is 3. The minimum atomic E-state index is -3.66. The minimum Gasteiger partial charge on any atom is -0.411 e. The second-order valence-electron chi connectivity index (χ2n) is 6.76. The largest absolute Gasteiger partial charge is 0.411 e. The quantitative estimate of drug-likeness (QED) is 0.516. The van der Waals surface area contributed by atoms with Gasteiger partial charge in [-0.2, -0.15) is 4.31 Å². The van der Waals surface area contributed by atoms with Gasteiger partial charge in [-0.3, -0.25) is 4.79 Å². The molecule has 2 aromatic carbocycles. The molecule has 0 atom stereocenters. The van der Waals surface area contributed by atoms with E-state index in [4.69, 9.17) is 9.15 Å². The van der Waals surface area contributed by atoms with E-state index in [0.717, 1.165) is 11.8 Å². The van der Waals surface area contributed by atoms with Crippen LogP contribution in [0.5, 0.6) is 0 Å². The molecule has 4 rings (SSSR count). The average Bonchev–Trinajstić information content (AvgIpc) is 3.29. The van der Waals surface area contributed by atoms with Crippen LogP contribution in [-0.4, -0.2) is 60.9 Å². The van der Waals surface area contributed by atoms with E-state index in [1.807, 2.05) is 0 Å². The Balaban J connectivity index is 1.40. The number of carbonyl (C=O) groups is 1. The molecule has 1 aromatic heterocycles. The van der Waals surface area contributed by atoms with E-state index in [-0.39, 0.29) is 27.7 Å². The van der Waals surface area contributed by atoms with Gasteiger partial charge < -0.3 is 14.5 Å². The molecular weight excluding hydrogens is 459 g/mol. The van der Waals surface area contributed by atoms with Gasteiger partial charge in [0.15, 0.2) is 0 Å². The fourth-order valence-electron chi connectivity index (χ4n) is 2.97. The smallest absolute Gasteiger partial charge is 0.277 e. The molecule has 32 heavy (non-hydrogen) atoms. The number of sulfonamides is 1. The molecule has 0 spiro atoms. The SMILES string of the molecule is O=C(CSc1nnc(-c2cccc(S(=O)(=O)N3CCOCC3)c2)o1)Nc1ccc(F)cc1. The Morgan fingerprint density at radius 2 is 1.88 bits per heavy atom. The van der Waals surface area contributed by atoms with E-state index >= 15 is 0 Å². The van der Waals surface area contributed by atoms with Gasteiger partial charge in [-0.25, -0.2) is 12.8 Å². The number of hydrogen-bond donors (Lipinski definition) is 1. The molecule has 0 aliphatic carbocycles. The highest BCUT2D eigenvalue weighted by Gasteiger charge is 2.27. The fraction of sp³-hybridized carbons (Fsp3) is 0.250. The molecule has 1 amide bonds. The maximum absolute atomic E-state index is 12.9. The summed E-state index contributed by atoms with van der Waals surface area (Å²) < 4.78 is 50.8. The molecule has 1 N–H and O–H groups in total. The number of amides is 1. The van der Waals surface area contributed by atoms with Crippen LogP contribution in [0.25, 0.3) is 11.5 Å². The topological polar surface area (TPSA) is 115 Å². The van der Waals surface area contributed by atoms with E-state index in [1.54, 1.807) is 12.1 Å². The lowest BCUT2D eigenvalue weighted by Crippen LogP contribution is -2.40. The molecule has 1 aliphatic rings. The third-order valence-electron chi connectivity index (χ3n) is 4.55. The first-order valence-electron chi connectivity index (χ1n) is 9.62. The standard InChI is InChI=1S/C20H19FN4O5S2/c21-15-4-6-16(7-5-15)22-18(26)13-31-20-24-23-19(30-20)14-2-1-3-17(12-14)32(27,28)25-8-10-29-11-9-25/h1-7,12H,8-11,13H2,(H,22,26). The van der Waals surface area contributed by atoms with Gasteiger partial charge in [0.2, 0.25) is 21.8 Å². The van der Waals surface area contributed by atoms with Crippen LogP contribution in [0, 0.1) is 5.82 Å². The summed E-state index contributed by atoms with van der Waals surface area (Å²) >= 11 is 1.03. The molecule has 0 saturated carbocycles. The maximum Gasteiger partial charge on any atom is 0.277 e. The number of carbonyl (C=O) groups excluding carboxylic acids is 1. The van der Waals surface area contributed by atoms with Crippen molar-refractivity contribution in [1.82, 2.24) is 14.5 Å². The van der Waals surface area contributed by atoms with Gasteiger partial charge in [-0.1, -0.05) is 17.8 Å². The molecule has 1 fully saturated rings. The predicted molar refractivity (Wildman–Crippen MR) is 115 cm³/mol. The zero-order valence-corrected chi connectivity index (χ0v) is 18.4. The normalized spacial score (nSPS) is 14.9. The third-order valence-corrected chi connectivity index (χ3v) is 7.26. The number of thioether (sulfide) groups is 1. The Hall–Kier alpha value is -2.80. The van der Waals surface area contributed by atoms with Crippen molar-refractivity contribution in [2.75, 3.05) is 37.4 Å². The molecule has 0 bridgehead atoms. The summed E-state index contributed by atoms with van der Waals surface area (Å²) in [6, 6.07) is 11.7. The van der Waals surface area contributed by atoms with Gasteiger partial charge in [0, 0.05) is 24.3 Å². The summed E-state index contributed by atoms with van der Waals surface area (Å²) in [6.45, 7) is 1.32. The number of rotatable bonds is 7. The van der Waals surface area contributed by atoms with E-state index in [0.29, 0.717) is 37.6 Å². The first-order valence-corrected chi connectivity index (χ1v) is 12.0. The minimum absolute atomic E-state index is 0.00442. The molecule has 1 saturated heterocycles. The number of halogens is 1. The molecular formula is C20H19FN4O5S2. The lowest BCUT2D eigenvalue weighted by molar-refractivity contribution is -0.113. The summed E-state index contributed by atoms with van der Waals surface area (Å²) in [6.07, 6.45) is 0. The molecule has 1 aliphatic heterocycles. The van der Waals surface area contributed by atoms with Crippen molar-refractivity contribution in [3.8, 4) is 11.5 Å². The molecule has 0 radical (unpaired) electrons. The van der Waals surface area contributed by atoms with Crippen LogP contribution in [-0.2, 0) is 19.6 Å². The molecule has 9 nitrogen and oxygen atoms in total. The Morgan fingerprint density at radius 1 is 1.12 bits per heavy atom. The molecule has 12 heteroatoms. The van der Waals surface area contributed by atoms with E-state index in [1.165, 1.54) is 40.7 Å². The van der Waals surface area contributed by atoms with Gasteiger partial charge in [-0.05, 0) is 42.5 Å². The Kier molecular flexibility index (Phi) is 6.84. The van der Waals surface area contributed by atoms with Crippen LogP contribution in [0.15, 0.2) is 63.1 Å². The van der Waals surface area contributed by atoms with Crippen molar-refractivity contribution in [3.63, 3.8) is 0 Å². The average molecular weight is 479 g/mol. The monoisotopic (exact) mass is 478 g/mol. The number of morpholine rings is 1. The van der Waals surface area contributed by atoms with Gasteiger partial charge in [-0.15, -0.1) is 10.2 Å². The van der Waals surface area contributed by atoms with E-state index in [2.05, 4.69) is 15.5 Å². The first kappa shape index (κ1) is 22.4. The van der Waals surface area contributed by atoms with E-state index < -0.39 is 15.8 Å². The van der Waals surface area contributed by atoms with E-state index in [9.17, 15) is 17.6 Å². The summed E-state index contributed by atoms with van der Waals surface area (Å²) in [5, 5.41) is 10.7. The summed E-state index contributed by atoms with van der Waals surface area (Å²) in [4.78, 5) is 12.2. The number of benzene rings is 2. The van der Waals surface area contributed by atoms with Crippen molar-refractivity contribution >= 4 is 33.4 Å². The van der Waals surface area contributed by atoms with Gasteiger partial charge in [0.05, 0.1) is 23.9 Å². The third kappa shape index (κ3) is 5.33. The van der Waals surface area contributed by atoms with Crippen molar-refractivity contribution in [3.05, 3.63) is 54.3 Å². The van der Waals surface area contributed by atoms with Crippen LogP contribution in [0.3, 0.4) is 0 Å². The van der Waals surface area contributed by atoms with Crippen LogP contribution < -0.4 is 5.32 Å². The Morgan fingerprint density at radius 3 is 2.62 bits per heavy atom. The van der Waals surface area contributed by atoms with Gasteiger partial charge in [0.1, 0.15) is 5.82 Å². The van der Waals surface area contributed by atoms with Crippen LogP contribution in [0.1, 0.15) is 0 Å². The van der Waals surface area contributed by atoms with Crippen LogP contribution >= 0.6 is 11.8 Å². The Bertz CT molecular complexity index is 1190. The van der Waals surface area contributed by atoms with Crippen molar-refractivity contribution in [1.29, 1.82) is 0 Å². The number of hydrogen-bond acceptors (Lipinski definition) is 8. The Labute approximate surface area is 188 Å².